The molecule has 94 valence electrons. The van der Waals surface area contributed by atoms with Gasteiger partial charge in [-0.15, -0.1) is 0 Å². The molecule has 0 aliphatic heterocycles. The summed E-state index contributed by atoms with van der Waals surface area (Å²) in [5.41, 5.74) is 2.31. The lowest BCUT2D eigenvalue weighted by Crippen LogP contribution is -2.21. The van der Waals surface area contributed by atoms with Gasteiger partial charge in [-0.3, -0.25) is 4.79 Å². The highest BCUT2D eigenvalue weighted by molar-refractivity contribution is 9.10. The predicted molar refractivity (Wildman–Crippen MR) is 75.4 cm³/mol. The van der Waals surface area contributed by atoms with E-state index in [0.29, 0.717) is 12.1 Å². The molecule has 5 heteroatoms. The van der Waals surface area contributed by atoms with Gasteiger partial charge in [-0.05, 0) is 24.7 Å². The quantitative estimate of drug-likeness (QED) is 0.911. The summed E-state index contributed by atoms with van der Waals surface area (Å²) in [5, 5.41) is 9.74. The van der Waals surface area contributed by atoms with Gasteiger partial charge in [0, 0.05) is 22.1 Å². The molecule has 4 nitrogen and oxygen atoms in total. The molecule has 2 aromatic rings. The monoisotopic (exact) mass is 307 g/mol. The number of aromatic nitrogens is 2. The molecule has 0 atom stereocenters. The van der Waals surface area contributed by atoms with E-state index in [9.17, 15) is 4.79 Å². The summed E-state index contributed by atoms with van der Waals surface area (Å²) in [6, 6.07) is 9.65. The van der Waals surface area contributed by atoms with Crippen molar-refractivity contribution in [1.29, 1.82) is 0 Å². The third kappa shape index (κ3) is 3.05. The van der Waals surface area contributed by atoms with E-state index in [1.54, 1.807) is 0 Å². The minimum atomic E-state index is -0.142. The maximum atomic E-state index is 11.6. The van der Waals surface area contributed by atoms with E-state index in [0.717, 1.165) is 22.3 Å². The summed E-state index contributed by atoms with van der Waals surface area (Å²) >= 11 is 3.39. The van der Waals surface area contributed by atoms with Gasteiger partial charge in [0.05, 0.1) is 5.69 Å². The molecular weight excluding hydrogens is 294 g/mol. The van der Waals surface area contributed by atoms with Gasteiger partial charge in [0.2, 0.25) is 0 Å². The summed E-state index contributed by atoms with van der Waals surface area (Å²) in [6.45, 7) is 3.39. The van der Waals surface area contributed by atoms with Crippen molar-refractivity contribution in [3.8, 4) is 11.3 Å². The molecule has 0 bridgehead atoms. The Morgan fingerprint density at radius 1 is 1.33 bits per heavy atom. The predicted octanol–water partition coefficient (Wildman–Crippen LogP) is 2.31. The molecule has 18 heavy (non-hydrogen) atoms. The summed E-state index contributed by atoms with van der Waals surface area (Å²) in [5.74, 6) is 0. The molecule has 0 radical (unpaired) electrons. The summed E-state index contributed by atoms with van der Waals surface area (Å²) in [7, 11) is 0. The van der Waals surface area contributed by atoms with Crippen LogP contribution in [-0.2, 0) is 6.54 Å². The Morgan fingerprint density at radius 2 is 2.06 bits per heavy atom. The Balaban J connectivity index is 2.34. The highest BCUT2D eigenvalue weighted by Crippen LogP contribution is 2.19. The first-order valence-electron chi connectivity index (χ1n) is 5.76. The normalized spacial score (nSPS) is 10.6. The Morgan fingerprint density at radius 3 is 2.72 bits per heavy atom. The molecule has 0 unspecified atom stereocenters. The number of hydrogen-bond donors (Lipinski definition) is 2. The Hall–Kier alpha value is -1.46. The minimum absolute atomic E-state index is 0.142. The first-order valence-corrected chi connectivity index (χ1v) is 6.55. The topological polar surface area (TPSA) is 57.8 Å². The first kappa shape index (κ1) is 13.0. The molecule has 0 aliphatic carbocycles. The van der Waals surface area contributed by atoms with Crippen molar-refractivity contribution in [2.45, 2.75) is 13.5 Å². The molecule has 1 aromatic carbocycles. The summed E-state index contributed by atoms with van der Waals surface area (Å²) < 4.78 is 1.02. The maximum absolute atomic E-state index is 11.6. The van der Waals surface area contributed by atoms with Crippen molar-refractivity contribution in [3.63, 3.8) is 0 Å². The molecule has 1 aromatic heterocycles. The van der Waals surface area contributed by atoms with Crippen LogP contribution in [0.2, 0.25) is 0 Å². The highest BCUT2D eigenvalue weighted by atomic mass is 79.9. The number of H-pyrrole nitrogens is 1. The van der Waals surface area contributed by atoms with Crippen LogP contribution in [-0.4, -0.2) is 16.7 Å². The highest BCUT2D eigenvalue weighted by Gasteiger charge is 2.04. The molecule has 0 amide bonds. The van der Waals surface area contributed by atoms with E-state index >= 15 is 0 Å². The van der Waals surface area contributed by atoms with E-state index < -0.39 is 0 Å². The Labute approximate surface area is 114 Å². The van der Waals surface area contributed by atoms with Crippen molar-refractivity contribution < 1.29 is 0 Å². The second kappa shape index (κ2) is 5.93. The maximum Gasteiger partial charge on any atom is 0.268 e. The SMILES string of the molecule is CCNCc1cc(-c2ccc(Br)cc2)n[nH]c1=O. The van der Waals surface area contributed by atoms with Crippen molar-refractivity contribution in [2.75, 3.05) is 6.54 Å². The number of benzene rings is 1. The fourth-order valence-electron chi connectivity index (χ4n) is 1.61. The van der Waals surface area contributed by atoms with E-state index in [4.69, 9.17) is 0 Å². The van der Waals surface area contributed by atoms with Crippen LogP contribution in [0.4, 0.5) is 0 Å². The molecule has 2 N–H and O–H groups in total. The van der Waals surface area contributed by atoms with Gasteiger partial charge >= 0.3 is 0 Å². The summed E-state index contributed by atoms with van der Waals surface area (Å²) in [6.07, 6.45) is 0. The van der Waals surface area contributed by atoms with Crippen LogP contribution in [0, 0.1) is 0 Å². The van der Waals surface area contributed by atoms with E-state index in [1.165, 1.54) is 0 Å². The molecule has 0 aliphatic rings. The molecule has 2 rings (SSSR count). The van der Waals surface area contributed by atoms with Gasteiger partial charge in [0.1, 0.15) is 0 Å². The van der Waals surface area contributed by atoms with Gasteiger partial charge in [-0.2, -0.15) is 5.10 Å². The van der Waals surface area contributed by atoms with Crippen molar-refractivity contribution in [3.05, 3.63) is 50.7 Å². The number of nitrogens with one attached hydrogen (secondary N) is 2. The lowest BCUT2D eigenvalue weighted by Gasteiger charge is -2.04. The van der Waals surface area contributed by atoms with Crippen LogP contribution in [0.15, 0.2) is 39.6 Å². The fraction of sp³-hybridized carbons (Fsp3) is 0.231. The van der Waals surface area contributed by atoms with Crippen LogP contribution < -0.4 is 10.9 Å². The van der Waals surface area contributed by atoms with Crippen molar-refractivity contribution >= 4 is 15.9 Å². The zero-order valence-electron chi connectivity index (χ0n) is 10.0. The zero-order chi connectivity index (χ0) is 13.0. The Bertz CT molecular complexity index is 578. The molecule has 0 saturated heterocycles. The molecule has 0 saturated carbocycles. The van der Waals surface area contributed by atoms with Crippen LogP contribution in [0.5, 0.6) is 0 Å². The average molecular weight is 308 g/mol. The molecule has 0 spiro atoms. The van der Waals surface area contributed by atoms with Gasteiger partial charge in [0.25, 0.3) is 5.56 Å². The standard InChI is InChI=1S/C13H14BrN3O/c1-2-15-8-10-7-12(16-17-13(10)18)9-3-5-11(14)6-4-9/h3-7,15H,2,8H2,1H3,(H,17,18). The van der Waals surface area contributed by atoms with Crippen LogP contribution in [0.25, 0.3) is 11.3 Å². The van der Waals surface area contributed by atoms with E-state index in [2.05, 4.69) is 31.4 Å². The van der Waals surface area contributed by atoms with E-state index in [1.807, 2.05) is 37.3 Å². The van der Waals surface area contributed by atoms with Crippen LogP contribution in [0.1, 0.15) is 12.5 Å². The van der Waals surface area contributed by atoms with Crippen LogP contribution in [0.3, 0.4) is 0 Å². The number of nitrogens with zero attached hydrogens (tertiary/aromatic N) is 1. The molecule has 0 fully saturated rings. The lowest BCUT2D eigenvalue weighted by molar-refractivity contribution is 0.715. The molecule has 1 heterocycles. The van der Waals surface area contributed by atoms with Gasteiger partial charge in [0.15, 0.2) is 0 Å². The fourth-order valence-corrected chi connectivity index (χ4v) is 1.87. The second-order valence-corrected chi connectivity index (χ2v) is 4.81. The number of hydrogen-bond acceptors (Lipinski definition) is 3. The second-order valence-electron chi connectivity index (χ2n) is 3.89. The molecular formula is C13H14BrN3O. The largest absolute Gasteiger partial charge is 0.313 e. The van der Waals surface area contributed by atoms with Crippen LogP contribution >= 0.6 is 15.9 Å². The average Bonchev–Trinajstić information content (AvgIpc) is 2.39. The van der Waals surface area contributed by atoms with Gasteiger partial charge < -0.3 is 5.32 Å². The third-order valence-electron chi connectivity index (χ3n) is 2.59. The van der Waals surface area contributed by atoms with Crippen molar-refractivity contribution in [2.24, 2.45) is 0 Å². The Kier molecular flexibility index (Phi) is 4.28. The number of rotatable bonds is 4. The smallest absolute Gasteiger partial charge is 0.268 e. The lowest BCUT2D eigenvalue weighted by atomic mass is 10.1. The zero-order valence-corrected chi connectivity index (χ0v) is 11.6. The van der Waals surface area contributed by atoms with Gasteiger partial charge in [-0.1, -0.05) is 35.0 Å². The third-order valence-corrected chi connectivity index (χ3v) is 3.11. The number of aromatic amines is 1. The van der Waals surface area contributed by atoms with Gasteiger partial charge in [-0.25, -0.2) is 5.10 Å². The van der Waals surface area contributed by atoms with E-state index in [-0.39, 0.29) is 5.56 Å². The van der Waals surface area contributed by atoms with Crippen molar-refractivity contribution in [1.82, 2.24) is 15.5 Å². The number of halogens is 1. The first-order chi connectivity index (χ1) is 8.70. The minimum Gasteiger partial charge on any atom is -0.313 e. The summed E-state index contributed by atoms with van der Waals surface area (Å²) in [4.78, 5) is 11.6.